The van der Waals surface area contributed by atoms with Crippen molar-refractivity contribution in [2.75, 3.05) is 5.73 Å². The molecule has 2 aromatic rings. The van der Waals surface area contributed by atoms with Gasteiger partial charge in [-0.1, -0.05) is 6.07 Å². The maximum atomic E-state index is 12.4. The van der Waals surface area contributed by atoms with Crippen molar-refractivity contribution in [2.45, 2.75) is 25.3 Å². The standard InChI is InChI=1S/C14H16BrN3O2S/c1-9-5-12(15)13(16)6-14(9)21(19,20)18-8-11-4-3-10(2)17-7-11/h3-7,18H,8,16H2,1-2H3. The van der Waals surface area contributed by atoms with Gasteiger partial charge in [0.15, 0.2) is 0 Å². The first-order valence-corrected chi connectivity index (χ1v) is 8.54. The van der Waals surface area contributed by atoms with Crippen LogP contribution in [-0.4, -0.2) is 13.4 Å². The molecule has 0 bridgehead atoms. The smallest absolute Gasteiger partial charge is 0.241 e. The first-order valence-electron chi connectivity index (χ1n) is 6.26. The van der Waals surface area contributed by atoms with Gasteiger partial charge >= 0.3 is 0 Å². The van der Waals surface area contributed by atoms with E-state index < -0.39 is 10.0 Å². The molecule has 1 aromatic heterocycles. The Morgan fingerprint density at radius 2 is 2.00 bits per heavy atom. The number of nitrogens with one attached hydrogen (secondary N) is 1. The summed E-state index contributed by atoms with van der Waals surface area (Å²) in [5, 5.41) is 0. The molecule has 0 spiro atoms. The van der Waals surface area contributed by atoms with Crippen molar-refractivity contribution in [3.63, 3.8) is 0 Å². The number of hydrogen-bond acceptors (Lipinski definition) is 4. The molecule has 0 aliphatic carbocycles. The van der Waals surface area contributed by atoms with E-state index in [1.807, 2.05) is 19.1 Å². The Kier molecular flexibility index (Phi) is 4.65. The lowest BCUT2D eigenvalue weighted by molar-refractivity contribution is 0.580. The highest BCUT2D eigenvalue weighted by Gasteiger charge is 2.18. The van der Waals surface area contributed by atoms with Gasteiger partial charge < -0.3 is 5.73 Å². The summed E-state index contributed by atoms with van der Waals surface area (Å²) in [6, 6.07) is 6.83. The van der Waals surface area contributed by atoms with E-state index in [0.29, 0.717) is 15.7 Å². The summed E-state index contributed by atoms with van der Waals surface area (Å²) in [5.41, 5.74) is 8.46. The van der Waals surface area contributed by atoms with Crippen molar-refractivity contribution in [3.8, 4) is 0 Å². The summed E-state index contributed by atoms with van der Waals surface area (Å²) >= 11 is 3.28. The van der Waals surface area contributed by atoms with Gasteiger partial charge in [-0.25, -0.2) is 13.1 Å². The number of aromatic nitrogens is 1. The number of halogens is 1. The Morgan fingerprint density at radius 3 is 2.62 bits per heavy atom. The van der Waals surface area contributed by atoms with Crippen LogP contribution in [0.5, 0.6) is 0 Å². The molecule has 0 saturated carbocycles. The number of aryl methyl sites for hydroxylation is 2. The van der Waals surface area contributed by atoms with E-state index in [0.717, 1.165) is 11.3 Å². The van der Waals surface area contributed by atoms with E-state index in [4.69, 9.17) is 5.73 Å². The van der Waals surface area contributed by atoms with Crippen LogP contribution in [0, 0.1) is 13.8 Å². The summed E-state index contributed by atoms with van der Waals surface area (Å²) in [5.74, 6) is 0. The minimum atomic E-state index is -3.62. The molecule has 21 heavy (non-hydrogen) atoms. The molecule has 7 heteroatoms. The molecule has 0 atom stereocenters. The van der Waals surface area contributed by atoms with Gasteiger partial charge in [0.25, 0.3) is 0 Å². The maximum absolute atomic E-state index is 12.4. The fourth-order valence-corrected chi connectivity index (χ4v) is 3.55. The van der Waals surface area contributed by atoms with Gasteiger partial charge in [-0.3, -0.25) is 4.98 Å². The molecule has 0 radical (unpaired) electrons. The molecule has 0 unspecified atom stereocenters. The Labute approximate surface area is 132 Å². The van der Waals surface area contributed by atoms with E-state index in [-0.39, 0.29) is 11.4 Å². The summed E-state index contributed by atoms with van der Waals surface area (Å²) in [7, 11) is -3.62. The van der Waals surface area contributed by atoms with Crippen LogP contribution in [0.4, 0.5) is 5.69 Å². The molecular formula is C14H16BrN3O2S. The highest BCUT2D eigenvalue weighted by molar-refractivity contribution is 9.10. The molecule has 0 fully saturated rings. The van der Waals surface area contributed by atoms with Crippen LogP contribution in [0.2, 0.25) is 0 Å². The number of anilines is 1. The van der Waals surface area contributed by atoms with Gasteiger partial charge in [0, 0.05) is 28.6 Å². The van der Waals surface area contributed by atoms with Crippen molar-refractivity contribution in [1.82, 2.24) is 9.71 Å². The van der Waals surface area contributed by atoms with Crippen LogP contribution in [0.25, 0.3) is 0 Å². The lowest BCUT2D eigenvalue weighted by Crippen LogP contribution is -2.24. The van der Waals surface area contributed by atoms with E-state index in [2.05, 4.69) is 25.6 Å². The van der Waals surface area contributed by atoms with Gasteiger partial charge in [-0.05, 0) is 59.1 Å². The maximum Gasteiger partial charge on any atom is 0.241 e. The Bertz CT molecular complexity index is 759. The normalized spacial score (nSPS) is 11.6. The highest BCUT2D eigenvalue weighted by atomic mass is 79.9. The number of benzene rings is 1. The largest absolute Gasteiger partial charge is 0.398 e. The predicted octanol–water partition coefficient (Wildman–Crippen LogP) is 2.52. The van der Waals surface area contributed by atoms with Gasteiger partial charge in [0.2, 0.25) is 10.0 Å². The molecular weight excluding hydrogens is 354 g/mol. The molecule has 5 nitrogen and oxygen atoms in total. The monoisotopic (exact) mass is 369 g/mol. The summed E-state index contributed by atoms with van der Waals surface area (Å²) in [4.78, 5) is 4.32. The predicted molar refractivity (Wildman–Crippen MR) is 86.3 cm³/mol. The molecule has 0 aliphatic rings. The zero-order valence-corrected chi connectivity index (χ0v) is 14.1. The van der Waals surface area contributed by atoms with Crippen LogP contribution in [-0.2, 0) is 16.6 Å². The molecule has 0 amide bonds. The highest BCUT2D eigenvalue weighted by Crippen LogP contribution is 2.26. The number of nitrogen functional groups attached to an aromatic ring is 1. The van der Waals surface area contributed by atoms with Crippen molar-refractivity contribution in [2.24, 2.45) is 0 Å². The first kappa shape index (κ1) is 15.9. The first-order chi connectivity index (χ1) is 9.79. The van der Waals surface area contributed by atoms with E-state index in [9.17, 15) is 8.42 Å². The zero-order valence-electron chi connectivity index (χ0n) is 11.7. The quantitative estimate of drug-likeness (QED) is 0.810. The Morgan fingerprint density at radius 1 is 1.29 bits per heavy atom. The van der Waals surface area contributed by atoms with Crippen LogP contribution < -0.4 is 10.5 Å². The van der Waals surface area contributed by atoms with Gasteiger partial charge in [0.05, 0.1) is 4.90 Å². The van der Waals surface area contributed by atoms with Crippen molar-refractivity contribution in [1.29, 1.82) is 0 Å². The second kappa shape index (κ2) is 6.13. The van der Waals surface area contributed by atoms with Crippen LogP contribution in [0.15, 0.2) is 39.8 Å². The number of sulfonamides is 1. The fourth-order valence-electron chi connectivity index (χ4n) is 1.82. The topological polar surface area (TPSA) is 85.1 Å². The third-order valence-electron chi connectivity index (χ3n) is 3.02. The van der Waals surface area contributed by atoms with Crippen LogP contribution in [0.3, 0.4) is 0 Å². The lowest BCUT2D eigenvalue weighted by Gasteiger charge is -2.11. The molecule has 0 aliphatic heterocycles. The second-order valence-electron chi connectivity index (χ2n) is 4.77. The summed E-state index contributed by atoms with van der Waals surface area (Å²) < 4.78 is 28.0. The minimum absolute atomic E-state index is 0.184. The Balaban J connectivity index is 2.22. The minimum Gasteiger partial charge on any atom is -0.398 e. The van der Waals surface area contributed by atoms with E-state index in [1.165, 1.54) is 6.07 Å². The summed E-state index contributed by atoms with van der Waals surface area (Å²) in [6.45, 7) is 3.79. The molecule has 2 rings (SSSR count). The lowest BCUT2D eigenvalue weighted by atomic mass is 10.2. The fraction of sp³-hybridized carbons (Fsp3) is 0.214. The third kappa shape index (κ3) is 3.81. The van der Waals surface area contributed by atoms with Crippen LogP contribution in [0.1, 0.15) is 16.8 Å². The number of nitrogens with two attached hydrogens (primary N) is 1. The number of hydrogen-bond donors (Lipinski definition) is 2. The number of rotatable bonds is 4. The SMILES string of the molecule is Cc1ccc(CNS(=O)(=O)c2cc(N)c(Br)cc2C)cn1. The van der Waals surface area contributed by atoms with E-state index >= 15 is 0 Å². The zero-order chi connectivity index (χ0) is 15.6. The average Bonchev–Trinajstić information content (AvgIpc) is 2.42. The number of pyridine rings is 1. The van der Waals surface area contributed by atoms with Crippen molar-refractivity contribution >= 4 is 31.6 Å². The molecule has 112 valence electrons. The molecule has 1 heterocycles. The second-order valence-corrected chi connectivity index (χ2v) is 7.36. The molecule has 0 saturated heterocycles. The van der Waals surface area contributed by atoms with Gasteiger partial charge in [-0.2, -0.15) is 0 Å². The van der Waals surface area contributed by atoms with Crippen molar-refractivity contribution in [3.05, 3.63) is 51.8 Å². The number of nitrogens with zero attached hydrogens (tertiary/aromatic N) is 1. The Hall–Kier alpha value is -1.44. The summed E-state index contributed by atoms with van der Waals surface area (Å²) in [6.07, 6.45) is 1.65. The van der Waals surface area contributed by atoms with Crippen LogP contribution >= 0.6 is 15.9 Å². The van der Waals surface area contributed by atoms with Gasteiger partial charge in [0.1, 0.15) is 0 Å². The average molecular weight is 370 g/mol. The van der Waals surface area contributed by atoms with Crippen molar-refractivity contribution < 1.29 is 8.42 Å². The molecule has 1 aromatic carbocycles. The third-order valence-corrected chi connectivity index (χ3v) is 5.25. The van der Waals surface area contributed by atoms with E-state index in [1.54, 1.807) is 19.2 Å². The van der Waals surface area contributed by atoms with Gasteiger partial charge in [-0.15, -0.1) is 0 Å². The molecule has 3 N–H and O–H groups in total.